The fourth-order valence-electron chi connectivity index (χ4n) is 2.76. The van der Waals surface area contributed by atoms with Crippen LogP contribution in [0.15, 0.2) is 72.9 Å². The molecular weight excluding hydrogens is 324 g/mol. The van der Waals surface area contributed by atoms with Crippen molar-refractivity contribution in [1.29, 1.82) is 0 Å². The minimum atomic E-state index is -0.0999. The van der Waals surface area contributed by atoms with Crippen LogP contribution in [0.3, 0.4) is 0 Å². The summed E-state index contributed by atoms with van der Waals surface area (Å²) in [6.07, 6.45) is 3.68. The average Bonchev–Trinajstić information content (AvgIpc) is 2.70. The fraction of sp³-hybridized carbons (Fsp3) is 0.182. The third-order valence-corrected chi connectivity index (χ3v) is 4.20. The lowest BCUT2D eigenvalue weighted by atomic mass is 10.0. The number of hydrogen-bond donors (Lipinski definition) is 2. The van der Waals surface area contributed by atoms with Crippen LogP contribution < -0.4 is 5.32 Å². The molecule has 1 aromatic heterocycles. The summed E-state index contributed by atoms with van der Waals surface area (Å²) in [4.78, 5) is 16.1. The summed E-state index contributed by atoms with van der Waals surface area (Å²) in [5, 5.41) is 11.8. The van der Waals surface area contributed by atoms with Crippen molar-refractivity contribution in [3.63, 3.8) is 0 Å². The van der Waals surface area contributed by atoms with E-state index >= 15 is 0 Å². The molecule has 0 aliphatic carbocycles. The quantitative estimate of drug-likeness (QED) is 0.674. The molecule has 3 rings (SSSR count). The highest BCUT2D eigenvalue weighted by Crippen LogP contribution is 2.20. The van der Waals surface area contributed by atoms with Crippen LogP contribution in [0, 0.1) is 0 Å². The smallest absolute Gasteiger partial charge is 0.224 e. The molecule has 4 nitrogen and oxygen atoms in total. The van der Waals surface area contributed by atoms with E-state index in [1.165, 1.54) is 16.7 Å². The van der Waals surface area contributed by atoms with Gasteiger partial charge in [0, 0.05) is 6.42 Å². The maximum atomic E-state index is 12.0. The third-order valence-electron chi connectivity index (χ3n) is 4.20. The van der Waals surface area contributed by atoms with Gasteiger partial charge in [0.15, 0.2) is 0 Å². The first kappa shape index (κ1) is 17.8. The number of pyridine rings is 1. The Morgan fingerprint density at radius 3 is 2.31 bits per heavy atom. The minimum Gasteiger partial charge on any atom is -0.390 e. The number of nitrogens with zero attached hydrogens (tertiary/aromatic N) is 1. The number of carbonyl (C=O) groups is 1. The van der Waals surface area contributed by atoms with Crippen LogP contribution in [0.1, 0.15) is 24.1 Å². The Balaban J connectivity index is 1.46. The second-order valence-corrected chi connectivity index (χ2v) is 6.16. The number of benzene rings is 2. The molecule has 26 heavy (non-hydrogen) atoms. The fourth-order valence-corrected chi connectivity index (χ4v) is 2.76. The van der Waals surface area contributed by atoms with Gasteiger partial charge in [-0.2, -0.15) is 0 Å². The molecule has 2 aromatic carbocycles. The third kappa shape index (κ3) is 5.01. The Kier molecular flexibility index (Phi) is 6.12. The summed E-state index contributed by atoms with van der Waals surface area (Å²) >= 11 is 0. The number of anilines is 1. The van der Waals surface area contributed by atoms with Crippen LogP contribution in [0.5, 0.6) is 0 Å². The largest absolute Gasteiger partial charge is 0.390 e. The molecule has 3 aromatic rings. The molecule has 0 radical (unpaired) electrons. The Bertz CT molecular complexity index is 828. The van der Waals surface area contributed by atoms with Gasteiger partial charge < -0.3 is 10.4 Å². The van der Waals surface area contributed by atoms with Gasteiger partial charge in [0.1, 0.15) is 0 Å². The van der Waals surface area contributed by atoms with E-state index in [0.29, 0.717) is 17.8 Å². The lowest BCUT2D eigenvalue weighted by Gasteiger charge is -2.06. The normalized spacial score (nSPS) is 10.5. The van der Waals surface area contributed by atoms with Gasteiger partial charge in [0.25, 0.3) is 0 Å². The zero-order chi connectivity index (χ0) is 18.2. The highest BCUT2D eigenvalue weighted by atomic mass is 16.3. The van der Waals surface area contributed by atoms with Crippen molar-refractivity contribution >= 4 is 11.6 Å². The molecule has 1 heterocycles. The number of aliphatic hydroxyl groups is 1. The molecule has 2 N–H and O–H groups in total. The number of carbonyl (C=O) groups excluding carboxylic acids is 1. The van der Waals surface area contributed by atoms with Crippen LogP contribution in [0.4, 0.5) is 5.69 Å². The van der Waals surface area contributed by atoms with Crippen molar-refractivity contribution in [3.05, 3.63) is 84.2 Å². The van der Waals surface area contributed by atoms with E-state index in [1.807, 2.05) is 18.2 Å². The topological polar surface area (TPSA) is 62.2 Å². The monoisotopic (exact) mass is 346 g/mol. The van der Waals surface area contributed by atoms with E-state index in [-0.39, 0.29) is 12.5 Å². The van der Waals surface area contributed by atoms with Gasteiger partial charge in [-0.1, -0.05) is 54.6 Å². The summed E-state index contributed by atoms with van der Waals surface area (Å²) in [7, 11) is 0. The van der Waals surface area contributed by atoms with Crippen LogP contribution in [-0.4, -0.2) is 16.0 Å². The molecule has 0 fully saturated rings. The van der Waals surface area contributed by atoms with Gasteiger partial charge in [-0.25, -0.2) is 0 Å². The van der Waals surface area contributed by atoms with Crippen LogP contribution in [0.25, 0.3) is 11.1 Å². The molecular formula is C22H22N2O2. The maximum Gasteiger partial charge on any atom is 0.224 e. The number of amides is 1. The van der Waals surface area contributed by atoms with E-state index in [9.17, 15) is 4.79 Å². The molecule has 4 heteroatoms. The molecule has 0 aliphatic rings. The zero-order valence-electron chi connectivity index (χ0n) is 14.6. The Hall–Kier alpha value is -2.98. The van der Waals surface area contributed by atoms with Crippen LogP contribution in [-0.2, 0) is 17.8 Å². The van der Waals surface area contributed by atoms with Gasteiger partial charge in [0.2, 0.25) is 5.91 Å². The number of nitrogens with one attached hydrogen (secondary N) is 1. The molecule has 132 valence electrons. The van der Waals surface area contributed by atoms with Crippen molar-refractivity contribution in [2.75, 3.05) is 5.32 Å². The molecule has 0 spiro atoms. The van der Waals surface area contributed by atoms with Crippen molar-refractivity contribution < 1.29 is 9.90 Å². The lowest BCUT2D eigenvalue weighted by molar-refractivity contribution is -0.116. The number of aryl methyl sites for hydroxylation is 1. The molecule has 0 saturated heterocycles. The van der Waals surface area contributed by atoms with Crippen molar-refractivity contribution in [2.45, 2.75) is 25.9 Å². The SMILES string of the molecule is O=C(CCCc1ccc(-c2ccccc2)cc1)Nc1ccc(CO)nc1. The number of rotatable bonds is 7. The van der Waals surface area contributed by atoms with E-state index in [4.69, 9.17) is 5.11 Å². The summed E-state index contributed by atoms with van der Waals surface area (Å²) in [6, 6.07) is 22.2. The van der Waals surface area contributed by atoms with Crippen molar-refractivity contribution in [3.8, 4) is 11.1 Å². The van der Waals surface area contributed by atoms with Crippen LogP contribution in [0.2, 0.25) is 0 Å². The summed E-state index contributed by atoms with van der Waals surface area (Å²) in [5.74, 6) is -0.0237. The first-order chi connectivity index (χ1) is 12.7. The van der Waals surface area contributed by atoms with Gasteiger partial charge in [0.05, 0.1) is 24.2 Å². The molecule has 0 aliphatic heterocycles. The number of aliphatic hydroxyl groups excluding tert-OH is 1. The summed E-state index contributed by atoms with van der Waals surface area (Å²) < 4.78 is 0. The van der Waals surface area contributed by atoms with Crippen LogP contribution >= 0.6 is 0 Å². The number of aromatic nitrogens is 1. The first-order valence-corrected chi connectivity index (χ1v) is 8.74. The van der Waals surface area contributed by atoms with Gasteiger partial charge >= 0.3 is 0 Å². The second-order valence-electron chi connectivity index (χ2n) is 6.16. The standard InChI is InChI=1S/C22H22N2O2/c25-16-21-14-13-20(15-23-21)24-22(26)8-4-5-17-9-11-19(12-10-17)18-6-2-1-3-7-18/h1-3,6-7,9-15,25H,4-5,8,16H2,(H,24,26). The summed E-state index contributed by atoms with van der Waals surface area (Å²) in [5.41, 5.74) is 4.87. The van der Waals surface area contributed by atoms with Gasteiger partial charge in [-0.15, -0.1) is 0 Å². The predicted octanol–water partition coefficient (Wildman–Crippen LogP) is 4.20. The van der Waals surface area contributed by atoms with E-state index in [2.05, 4.69) is 46.7 Å². The maximum absolute atomic E-state index is 12.0. The minimum absolute atomic E-state index is 0.0237. The Morgan fingerprint density at radius 1 is 0.923 bits per heavy atom. The highest BCUT2D eigenvalue weighted by molar-refractivity contribution is 5.90. The van der Waals surface area contributed by atoms with Crippen molar-refractivity contribution in [2.24, 2.45) is 0 Å². The molecule has 1 amide bonds. The van der Waals surface area contributed by atoms with E-state index < -0.39 is 0 Å². The highest BCUT2D eigenvalue weighted by Gasteiger charge is 2.04. The molecule has 0 bridgehead atoms. The van der Waals surface area contributed by atoms with Crippen molar-refractivity contribution in [1.82, 2.24) is 4.98 Å². The average molecular weight is 346 g/mol. The van der Waals surface area contributed by atoms with Gasteiger partial charge in [-0.3, -0.25) is 9.78 Å². The van der Waals surface area contributed by atoms with Gasteiger partial charge in [-0.05, 0) is 41.7 Å². The number of hydrogen-bond acceptors (Lipinski definition) is 3. The Morgan fingerprint density at radius 2 is 1.65 bits per heavy atom. The predicted molar refractivity (Wildman–Crippen MR) is 104 cm³/mol. The molecule has 0 saturated carbocycles. The first-order valence-electron chi connectivity index (χ1n) is 8.74. The summed E-state index contributed by atoms with van der Waals surface area (Å²) in [6.45, 7) is -0.0999. The van der Waals surface area contributed by atoms with E-state index in [0.717, 1.165) is 12.8 Å². The zero-order valence-corrected chi connectivity index (χ0v) is 14.6. The second kappa shape index (κ2) is 8.92. The molecule has 0 atom stereocenters. The van der Waals surface area contributed by atoms with E-state index in [1.54, 1.807) is 18.3 Å². The lowest BCUT2D eigenvalue weighted by Crippen LogP contribution is -2.11. The molecule has 0 unspecified atom stereocenters. The Labute approximate surface area is 153 Å².